The van der Waals surface area contributed by atoms with E-state index in [-0.39, 0.29) is 17.6 Å². The molecule has 1 atom stereocenters. The number of carboxylic acid groups (broad SMARTS) is 1. The van der Waals surface area contributed by atoms with Crippen LogP contribution in [0.25, 0.3) is 0 Å². The third-order valence-electron chi connectivity index (χ3n) is 3.55. The molecule has 0 spiro atoms. The first-order valence-electron chi connectivity index (χ1n) is 7.03. The molecule has 2 amide bonds. The lowest BCUT2D eigenvalue weighted by atomic mass is 10.0. The van der Waals surface area contributed by atoms with Gasteiger partial charge in [0.25, 0.3) is 0 Å². The highest BCUT2D eigenvalue weighted by Gasteiger charge is 2.23. The summed E-state index contributed by atoms with van der Waals surface area (Å²) in [6, 6.07) is 6.77. The number of amides is 2. The SMILES string of the molecule is CC1COCCN1C(=O)NCCc1ccccc1C(=O)O. The Balaban J connectivity index is 1.87. The predicted octanol–water partition coefficient (Wildman–Crippen LogP) is 1.36. The maximum Gasteiger partial charge on any atom is 0.335 e. The van der Waals surface area contributed by atoms with Crippen molar-refractivity contribution in [3.8, 4) is 0 Å². The zero-order valence-electron chi connectivity index (χ0n) is 12.0. The van der Waals surface area contributed by atoms with Gasteiger partial charge >= 0.3 is 12.0 Å². The molecular formula is C15H20N2O4. The van der Waals surface area contributed by atoms with Crippen molar-refractivity contribution in [3.05, 3.63) is 35.4 Å². The first-order chi connectivity index (χ1) is 10.1. The van der Waals surface area contributed by atoms with E-state index in [1.807, 2.05) is 6.92 Å². The molecule has 1 aliphatic heterocycles. The summed E-state index contributed by atoms with van der Waals surface area (Å²) in [6.07, 6.45) is 0.493. The minimum atomic E-state index is -0.946. The largest absolute Gasteiger partial charge is 0.478 e. The Hall–Kier alpha value is -2.08. The summed E-state index contributed by atoms with van der Waals surface area (Å²) >= 11 is 0. The van der Waals surface area contributed by atoms with Gasteiger partial charge in [-0.2, -0.15) is 0 Å². The molecule has 1 aromatic rings. The third kappa shape index (κ3) is 3.95. The van der Waals surface area contributed by atoms with Gasteiger partial charge in [-0.25, -0.2) is 9.59 Å². The molecule has 114 valence electrons. The Kier molecular flexibility index (Phi) is 5.16. The zero-order valence-corrected chi connectivity index (χ0v) is 12.0. The number of morpholine rings is 1. The van der Waals surface area contributed by atoms with Crippen molar-refractivity contribution in [2.45, 2.75) is 19.4 Å². The molecule has 1 heterocycles. The first kappa shape index (κ1) is 15.3. The second kappa shape index (κ2) is 7.08. The van der Waals surface area contributed by atoms with Crippen molar-refractivity contribution < 1.29 is 19.4 Å². The van der Waals surface area contributed by atoms with Gasteiger partial charge in [-0.05, 0) is 25.0 Å². The van der Waals surface area contributed by atoms with E-state index in [1.54, 1.807) is 29.2 Å². The van der Waals surface area contributed by atoms with Crippen molar-refractivity contribution in [1.29, 1.82) is 0 Å². The quantitative estimate of drug-likeness (QED) is 0.878. The summed E-state index contributed by atoms with van der Waals surface area (Å²) in [5.41, 5.74) is 1.01. The number of ether oxygens (including phenoxy) is 1. The van der Waals surface area contributed by atoms with Gasteiger partial charge in [0.15, 0.2) is 0 Å². The molecule has 1 saturated heterocycles. The number of rotatable bonds is 4. The van der Waals surface area contributed by atoms with Crippen molar-refractivity contribution >= 4 is 12.0 Å². The summed E-state index contributed by atoms with van der Waals surface area (Å²) in [5, 5.41) is 11.9. The number of carboxylic acids is 1. The Labute approximate surface area is 123 Å². The summed E-state index contributed by atoms with van der Waals surface area (Å²) in [5.74, 6) is -0.946. The summed E-state index contributed by atoms with van der Waals surface area (Å²) in [7, 11) is 0. The molecule has 6 heteroatoms. The summed E-state index contributed by atoms with van der Waals surface area (Å²) in [4.78, 5) is 24.9. The second-order valence-electron chi connectivity index (χ2n) is 5.06. The molecule has 1 aromatic carbocycles. The van der Waals surface area contributed by atoms with Crippen LogP contribution in [0.2, 0.25) is 0 Å². The topological polar surface area (TPSA) is 78.9 Å². The van der Waals surface area contributed by atoms with Gasteiger partial charge in [-0.1, -0.05) is 18.2 Å². The summed E-state index contributed by atoms with van der Waals surface area (Å²) in [6.45, 7) is 4.04. The van der Waals surface area contributed by atoms with Crippen molar-refractivity contribution in [1.82, 2.24) is 10.2 Å². The maximum atomic E-state index is 12.1. The van der Waals surface area contributed by atoms with Crippen LogP contribution in [0, 0.1) is 0 Å². The van der Waals surface area contributed by atoms with Crippen LogP contribution in [0.1, 0.15) is 22.8 Å². The number of nitrogens with zero attached hydrogens (tertiary/aromatic N) is 1. The number of benzene rings is 1. The van der Waals surface area contributed by atoms with Crippen LogP contribution in [0.3, 0.4) is 0 Å². The standard InChI is InChI=1S/C15H20N2O4/c1-11-10-21-9-8-17(11)15(20)16-7-6-12-4-2-3-5-13(12)14(18)19/h2-5,11H,6-10H2,1H3,(H,16,20)(H,18,19). The van der Waals surface area contributed by atoms with Gasteiger partial charge in [-0.3, -0.25) is 0 Å². The van der Waals surface area contributed by atoms with Crippen LogP contribution in [-0.4, -0.2) is 54.4 Å². The van der Waals surface area contributed by atoms with Crippen LogP contribution < -0.4 is 5.32 Å². The fourth-order valence-electron chi connectivity index (χ4n) is 2.38. The van der Waals surface area contributed by atoms with Crippen LogP contribution in [0.4, 0.5) is 4.79 Å². The smallest absolute Gasteiger partial charge is 0.335 e. The highest BCUT2D eigenvalue weighted by atomic mass is 16.5. The van der Waals surface area contributed by atoms with Gasteiger partial charge in [0.2, 0.25) is 0 Å². The van der Waals surface area contributed by atoms with E-state index in [4.69, 9.17) is 9.84 Å². The molecule has 2 N–H and O–H groups in total. The number of hydrogen-bond acceptors (Lipinski definition) is 3. The zero-order chi connectivity index (χ0) is 15.2. The van der Waals surface area contributed by atoms with E-state index in [0.717, 1.165) is 5.56 Å². The van der Waals surface area contributed by atoms with E-state index in [2.05, 4.69) is 5.32 Å². The Morgan fingerprint density at radius 2 is 2.19 bits per heavy atom. The molecule has 0 bridgehead atoms. The predicted molar refractivity (Wildman–Crippen MR) is 77.5 cm³/mol. The average molecular weight is 292 g/mol. The second-order valence-corrected chi connectivity index (χ2v) is 5.06. The lowest BCUT2D eigenvalue weighted by Gasteiger charge is -2.33. The highest BCUT2D eigenvalue weighted by Crippen LogP contribution is 2.10. The van der Waals surface area contributed by atoms with Gasteiger partial charge in [-0.15, -0.1) is 0 Å². The van der Waals surface area contributed by atoms with Crippen LogP contribution in [0.5, 0.6) is 0 Å². The Bertz CT molecular complexity index is 518. The minimum Gasteiger partial charge on any atom is -0.478 e. The number of carbonyl (C=O) groups is 2. The Morgan fingerprint density at radius 3 is 2.90 bits per heavy atom. The number of carbonyl (C=O) groups excluding carboxylic acids is 1. The Morgan fingerprint density at radius 1 is 1.43 bits per heavy atom. The van der Waals surface area contributed by atoms with E-state index >= 15 is 0 Å². The van der Waals surface area contributed by atoms with Gasteiger partial charge in [0, 0.05) is 13.1 Å². The molecule has 1 fully saturated rings. The van der Waals surface area contributed by atoms with Crippen LogP contribution in [-0.2, 0) is 11.2 Å². The fourth-order valence-corrected chi connectivity index (χ4v) is 2.38. The van der Waals surface area contributed by atoms with Crippen molar-refractivity contribution in [2.75, 3.05) is 26.3 Å². The fraction of sp³-hybridized carbons (Fsp3) is 0.467. The minimum absolute atomic E-state index is 0.0602. The first-order valence-corrected chi connectivity index (χ1v) is 7.03. The van der Waals surface area contributed by atoms with E-state index in [1.165, 1.54) is 0 Å². The average Bonchev–Trinajstić information content (AvgIpc) is 2.48. The molecule has 21 heavy (non-hydrogen) atoms. The molecule has 0 saturated carbocycles. The molecule has 1 unspecified atom stereocenters. The van der Waals surface area contributed by atoms with Crippen LogP contribution >= 0.6 is 0 Å². The maximum absolute atomic E-state index is 12.1. The molecule has 1 aliphatic rings. The highest BCUT2D eigenvalue weighted by molar-refractivity contribution is 5.89. The molecule has 0 aliphatic carbocycles. The number of urea groups is 1. The number of aromatic carboxylic acids is 1. The van der Waals surface area contributed by atoms with Crippen molar-refractivity contribution in [3.63, 3.8) is 0 Å². The lowest BCUT2D eigenvalue weighted by molar-refractivity contribution is 0.0191. The van der Waals surface area contributed by atoms with Gasteiger partial charge in [0.05, 0.1) is 24.8 Å². The van der Waals surface area contributed by atoms with Gasteiger partial charge in [0.1, 0.15) is 0 Å². The molecule has 6 nitrogen and oxygen atoms in total. The summed E-state index contributed by atoms with van der Waals surface area (Å²) < 4.78 is 5.29. The number of nitrogens with one attached hydrogen (secondary N) is 1. The molecule has 0 radical (unpaired) electrons. The molecule has 2 rings (SSSR count). The lowest BCUT2D eigenvalue weighted by Crippen LogP contribution is -2.51. The van der Waals surface area contributed by atoms with Gasteiger partial charge < -0.3 is 20.1 Å². The molecule has 0 aromatic heterocycles. The van der Waals surface area contributed by atoms with E-state index < -0.39 is 5.97 Å². The van der Waals surface area contributed by atoms with E-state index in [9.17, 15) is 9.59 Å². The van der Waals surface area contributed by atoms with E-state index in [0.29, 0.717) is 32.7 Å². The third-order valence-corrected chi connectivity index (χ3v) is 3.55. The van der Waals surface area contributed by atoms with Crippen molar-refractivity contribution in [2.24, 2.45) is 0 Å². The number of hydrogen-bond donors (Lipinski definition) is 2. The molecular weight excluding hydrogens is 272 g/mol. The van der Waals surface area contributed by atoms with Crippen LogP contribution in [0.15, 0.2) is 24.3 Å². The normalized spacial score (nSPS) is 18.3. The monoisotopic (exact) mass is 292 g/mol.